The summed E-state index contributed by atoms with van der Waals surface area (Å²) >= 11 is 0. The van der Waals surface area contributed by atoms with Gasteiger partial charge in [-0.2, -0.15) is 5.26 Å². The van der Waals surface area contributed by atoms with Gasteiger partial charge in [0.2, 0.25) is 5.91 Å². The molecule has 6 heteroatoms. The zero-order valence-electron chi connectivity index (χ0n) is 15.3. The zero-order valence-corrected chi connectivity index (χ0v) is 15.3. The van der Waals surface area contributed by atoms with E-state index in [0.29, 0.717) is 25.3 Å². The number of likely N-dealkylation sites (tertiary alicyclic amines) is 1. The molecule has 2 aliphatic rings. The first kappa shape index (κ1) is 17.7. The molecule has 1 aromatic rings. The first-order valence-electron chi connectivity index (χ1n) is 8.92. The van der Waals surface area contributed by atoms with E-state index in [0.717, 1.165) is 49.4 Å². The molecule has 2 aliphatic heterocycles. The molecule has 0 saturated carbocycles. The smallest absolute Gasteiger partial charge is 0.230 e. The summed E-state index contributed by atoms with van der Waals surface area (Å²) in [7, 11) is 1.66. The average molecular weight is 342 g/mol. The number of nitrogens with zero attached hydrogens (tertiary/aromatic N) is 4. The average Bonchev–Trinajstić information content (AvgIpc) is 3.01. The van der Waals surface area contributed by atoms with Crippen LogP contribution in [0.4, 0.5) is 5.82 Å². The molecule has 2 saturated heterocycles. The van der Waals surface area contributed by atoms with Crippen LogP contribution in [0.15, 0.2) is 6.07 Å². The van der Waals surface area contributed by atoms with E-state index in [1.165, 1.54) is 0 Å². The maximum Gasteiger partial charge on any atom is 0.230 e. The molecule has 3 heterocycles. The highest BCUT2D eigenvalue weighted by Gasteiger charge is 2.48. The lowest BCUT2D eigenvalue weighted by Gasteiger charge is -2.39. The van der Waals surface area contributed by atoms with Gasteiger partial charge in [0.15, 0.2) is 0 Å². The second-order valence-electron chi connectivity index (χ2n) is 7.23. The largest absolute Gasteiger partial charge is 0.383 e. The number of anilines is 1. The third-order valence-electron chi connectivity index (χ3n) is 5.48. The Morgan fingerprint density at radius 2 is 2.16 bits per heavy atom. The number of hydrogen-bond donors (Lipinski definition) is 0. The van der Waals surface area contributed by atoms with Gasteiger partial charge in [-0.15, -0.1) is 0 Å². The van der Waals surface area contributed by atoms with E-state index in [4.69, 9.17) is 4.74 Å². The van der Waals surface area contributed by atoms with Crippen molar-refractivity contribution in [3.8, 4) is 6.07 Å². The number of piperidine rings is 1. The number of pyridine rings is 1. The number of carbonyl (C=O) groups is 1. The monoisotopic (exact) mass is 342 g/mol. The first-order chi connectivity index (χ1) is 12.0. The number of rotatable bonds is 4. The molecule has 6 nitrogen and oxygen atoms in total. The fraction of sp³-hybridized carbons (Fsp3) is 0.632. The van der Waals surface area contributed by atoms with Gasteiger partial charge >= 0.3 is 0 Å². The van der Waals surface area contributed by atoms with Crippen molar-refractivity contribution < 1.29 is 9.53 Å². The number of nitriles is 1. The Labute approximate surface area is 149 Å². The minimum absolute atomic E-state index is 0.237. The standard InChI is InChI=1S/C19H26N4O2/c1-14-11-15(2)21-17(16(14)12-20)23-8-6-19(13-23)5-4-7-22(18(19)24)9-10-25-3/h11H,4-10,13H2,1-3H3/t19-/m0/s1. The van der Waals surface area contributed by atoms with Gasteiger partial charge in [-0.05, 0) is 44.7 Å². The number of aryl methyl sites for hydroxylation is 2. The van der Waals surface area contributed by atoms with Crippen LogP contribution >= 0.6 is 0 Å². The van der Waals surface area contributed by atoms with Crippen molar-refractivity contribution in [3.05, 3.63) is 22.9 Å². The van der Waals surface area contributed by atoms with E-state index >= 15 is 0 Å². The van der Waals surface area contributed by atoms with Crippen LogP contribution in [0.3, 0.4) is 0 Å². The van der Waals surface area contributed by atoms with Crippen LogP contribution in [-0.2, 0) is 9.53 Å². The lowest BCUT2D eigenvalue weighted by molar-refractivity contribution is -0.145. The molecular formula is C19H26N4O2. The summed E-state index contributed by atoms with van der Waals surface area (Å²) < 4.78 is 5.14. The molecule has 1 amide bonds. The van der Waals surface area contributed by atoms with Crippen LogP contribution in [0, 0.1) is 30.6 Å². The molecule has 3 rings (SSSR count). The van der Waals surface area contributed by atoms with Crippen molar-refractivity contribution in [2.24, 2.45) is 5.41 Å². The summed E-state index contributed by atoms with van der Waals surface area (Å²) in [5.41, 5.74) is 2.15. The molecule has 0 unspecified atom stereocenters. The molecule has 134 valence electrons. The molecule has 0 aliphatic carbocycles. The third-order valence-corrected chi connectivity index (χ3v) is 5.48. The van der Waals surface area contributed by atoms with Gasteiger partial charge in [-0.25, -0.2) is 4.98 Å². The van der Waals surface area contributed by atoms with Crippen LogP contribution < -0.4 is 4.90 Å². The van der Waals surface area contributed by atoms with Gasteiger partial charge in [-0.3, -0.25) is 4.79 Å². The molecule has 2 fully saturated rings. The second kappa shape index (κ2) is 7.01. The Hall–Kier alpha value is -2.13. The predicted octanol–water partition coefficient (Wildman–Crippen LogP) is 2.04. The highest BCUT2D eigenvalue weighted by atomic mass is 16.5. The summed E-state index contributed by atoms with van der Waals surface area (Å²) in [5, 5.41) is 9.54. The van der Waals surface area contributed by atoms with Crippen molar-refractivity contribution in [1.82, 2.24) is 9.88 Å². The van der Waals surface area contributed by atoms with Crippen molar-refractivity contribution in [1.29, 1.82) is 5.26 Å². The van der Waals surface area contributed by atoms with Gasteiger partial charge < -0.3 is 14.5 Å². The van der Waals surface area contributed by atoms with E-state index in [-0.39, 0.29) is 11.3 Å². The number of carbonyl (C=O) groups excluding carboxylic acids is 1. The molecule has 1 aromatic heterocycles. The highest BCUT2D eigenvalue weighted by Crippen LogP contribution is 2.42. The van der Waals surface area contributed by atoms with Crippen molar-refractivity contribution >= 4 is 11.7 Å². The summed E-state index contributed by atoms with van der Waals surface area (Å²) in [6, 6.07) is 4.23. The van der Waals surface area contributed by atoms with Gasteiger partial charge in [0.05, 0.1) is 17.6 Å². The first-order valence-corrected chi connectivity index (χ1v) is 8.92. The quantitative estimate of drug-likeness (QED) is 0.837. The summed E-state index contributed by atoms with van der Waals surface area (Å²) in [4.78, 5) is 21.8. The molecule has 25 heavy (non-hydrogen) atoms. The molecule has 0 bridgehead atoms. The van der Waals surface area contributed by atoms with Gasteiger partial charge in [0.1, 0.15) is 11.9 Å². The van der Waals surface area contributed by atoms with Crippen molar-refractivity contribution in [2.45, 2.75) is 33.1 Å². The Kier molecular flexibility index (Phi) is 4.96. The zero-order chi connectivity index (χ0) is 18.0. The number of aromatic nitrogens is 1. The summed E-state index contributed by atoms with van der Waals surface area (Å²) in [6.45, 7) is 7.36. The van der Waals surface area contributed by atoms with E-state index in [2.05, 4.69) is 16.0 Å². The summed E-state index contributed by atoms with van der Waals surface area (Å²) in [5.74, 6) is 0.972. The maximum atomic E-state index is 13.1. The minimum atomic E-state index is -0.335. The molecule has 1 atom stereocenters. The SMILES string of the molecule is COCCN1CCC[C@@]2(CCN(c3nc(C)cc(C)c3C#N)C2)C1=O. The fourth-order valence-electron chi connectivity index (χ4n) is 4.18. The number of amides is 1. The van der Waals surface area contributed by atoms with E-state index < -0.39 is 0 Å². The van der Waals surface area contributed by atoms with Crippen LogP contribution in [0.25, 0.3) is 0 Å². The van der Waals surface area contributed by atoms with Crippen molar-refractivity contribution in [2.75, 3.05) is 44.8 Å². The van der Waals surface area contributed by atoms with Crippen molar-refractivity contribution in [3.63, 3.8) is 0 Å². The van der Waals surface area contributed by atoms with Crippen LogP contribution in [-0.4, -0.2) is 55.7 Å². The highest BCUT2D eigenvalue weighted by molar-refractivity contribution is 5.85. The molecule has 0 N–H and O–H groups in total. The normalized spacial score (nSPS) is 23.4. The lowest BCUT2D eigenvalue weighted by atomic mass is 9.78. The Bertz CT molecular complexity index is 712. The Morgan fingerprint density at radius 1 is 1.36 bits per heavy atom. The minimum Gasteiger partial charge on any atom is -0.383 e. The van der Waals surface area contributed by atoms with Gasteiger partial charge in [0.25, 0.3) is 0 Å². The van der Waals surface area contributed by atoms with E-state index in [9.17, 15) is 10.1 Å². The second-order valence-corrected chi connectivity index (χ2v) is 7.23. The summed E-state index contributed by atoms with van der Waals surface area (Å²) in [6.07, 6.45) is 2.77. The lowest BCUT2D eigenvalue weighted by Crippen LogP contribution is -2.51. The number of methoxy groups -OCH3 is 1. The van der Waals surface area contributed by atoms with Crippen LogP contribution in [0.1, 0.15) is 36.1 Å². The molecule has 1 spiro atoms. The molecule has 0 aromatic carbocycles. The Balaban J connectivity index is 1.84. The van der Waals surface area contributed by atoms with E-state index in [1.807, 2.05) is 24.8 Å². The van der Waals surface area contributed by atoms with Crippen LogP contribution in [0.5, 0.6) is 0 Å². The number of ether oxygens (including phenoxy) is 1. The molecular weight excluding hydrogens is 316 g/mol. The number of hydrogen-bond acceptors (Lipinski definition) is 5. The predicted molar refractivity (Wildman–Crippen MR) is 95.4 cm³/mol. The van der Waals surface area contributed by atoms with E-state index in [1.54, 1.807) is 7.11 Å². The maximum absolute atomic E-state index is 13.1. The van der Waals surface area contributed by atoms with Crippen LogP contribution in [0.2, 0.25) is 0 Å². The van der Waals surface area contributed by atoms with Gasteiger partial charge in [-0.1, -0.05) is 0 Å². The fourth-order valence-corrected chi connectivity index (χ4v) is 4.18. The molecule has 0 radical (unpaired) electrons. The Morgan fingerprint density at radius 3 is 2.88 bits per heavy atom. The third kappa shape index (κ3) is 3.21. The topological polar surface area (TPSA) is 69.5 Å². The van der Waals surface area contributed by atoms with Gasteiger partial charge in [0, 0.05) is 39.0 Å².